The van der Waals surface area contributed by atoms with E-state index in [0.29, 0.717) is 0 Å². The molecule has 1 atom stereocenters. The summed E-state index contributed by atoms with van der Waals surface area (Å²) in [4.78, 5) is 0. The Kier molecular flexibility index (Phi) is 3.35. The van der Waals surface area contributed by atoms with Crippen LogP contribution in [0.3, 0.4) is 0 Å². The highest BCUT2D eigenvalue weighted by Crippen LogP contribution is 2.51. The molecule has 0 radical (unpaired) electrons. The standard InChI is InChI=1S/C27H20O/c1-28-24-16-18-15-14-17-8-2-3-9-19(17)25(18)27(24)26-22-12-6-4-10-20(22)21-11-5-7-13-23(21)26/h2-15,24H,16H2,1H3/t24-/m0/s1. The molecule has 0 spiro atoms. The minimum absolute atomic E-state index is 0.0787. The smallest absolute Gasteiger partial charge is 0.0873 e. The fourth-order valence-corrected chi connectivity index (χ4v) is 5.06. The fourth-order valence-electron chi connectivity index (χ4n) is 5.06. The normalized spacial score (nSPS) is 17.0. The van der Waals surface area contributed by atoms with Crippen molar-refractivity contribution >= 4 is 21.9 Å². The number of hydrogen-bond donors (Lipinski definition) is 0. The summed E-state index contributed by atoms with van der Waals surface area (Å²) >= 11 is 0. The maximum Gasteiger partial charge on any atom is 0.0873 e. The molecule has 134 valence electrons. The Labute approximate surface area is 164 Å². The molecule has 0 unspecified atom stereocenters. The molecule has 4 aromatic rings. The molecular weight excluding hydrogens is 340 g/mol. The lowest BCUT2D eigenvalue weighted by Gasteiger charge is -2.17. The molecule has 0 bridgehead atoms. The Bertz CT molecular complexity index is 1230. The molecule has 1 heteroatoms. The van der Waals surface area contributed by atoms with E-state index in [9.17, 15) is 0 Å². The van der Waals surface area contributed by atoms with E-state index in [1.165, 1.54) is 55.3 Å². The largest absolute Gasteiger partial charge is 0.376 e. The molecule has 0 heterocycles. The first kappa shape index (κ1) is 15.9. The fraction of sp³-hybridized carbons (Fsp3) is 0.111. The minimum Gasteiger partial charge on any atom is -0.376 e. The van der Waals surface area contributed by atoms with E-state index >= 15 is 0 Å². The van der Waals surface area contributed by atoms with Gasteiger partial charge in [0.25, 0.3) is 0 Å². The Hall–Kier alpha value is -3.16. The Morgan fingerprint density at radius 2 is 1.29 bits per heavy atom. The summed E-state index contributed by atoms with van der Waals surface area (Å²) in [6.45, 7) is 0. The van der Waals surface area contributed by atoms with Crippen LogP contribution in [0.4, 0.5) is 0 Å². The van der Waals surface area contributed by atoms with Crippen LogP contribution < -0.4 is 0 Å². The lowest BCUT2D eigenvalue weighted by Crippen LogP contribution is -2.10. The number of fused-ring (bicyclic) bond motifs is 6. The van der Waals surface area contributed by atoms with Crippen LogP contribution in [0, 0.1) is 0 Å². The van der Waals surface area contributed by atoms with Gasteiger partial charge < -0.3 is 4.74 Å². The van der Waals surface area contributed by atoms with Crippen LogP contribution in [-0.4, -0.2) is 13.2 Å². The number of methoxy groups -OCH3 is 1. The van der Waals surface area contributed by atoms with E-state index in [-0.39, 0.29) is 6.10 Å². The van der Waals surface area contributed by atoms with Gasteiger partial charge in [0, 0.05) is 13.5 Å². The molecule has 0 fully saturated rings. The van der Waals surface area contributed by atoms with E-state index in [1.54, 1.807) is 0 Å². The molecule has 0 saturated carbocycles. The van der Waals surface area contributed by atoms with Crippen molar-refractivity contribution in [2.75, 3.05) is 7.11 Å². The lowest BCUT2D eigenvalue weighted by atomic mass is 9.90. The van der Waals surface area contributed by atoms with E-state index in [0.717, 1.165) is 6.42 Å². The van der Waals surface area contributed by atoms with E-state index in [1.807, 2.05) is 7.11 Å². The van der Waals surface area contributed by atoms with E-state index < -0.39 is 0 Å². The van der Waals surface area contributed by atoms with Gasteiger partial charge in [-0.2, -0.15) is 0 Å². The highest BCUT2D eigenvalue weighted by Gasteiger charge is 2.35. The summed E-state index contributed by atoms with van der Waals surface area (Å²) in [5.41, 5.74) is 10.7. The van der Waals surface area contributed by atoms with Crippen molar-refractivity contribution < 1.29 is 4.74 Å². The van der Waals surface area contributed by atoms with Gasteiger partial charge in [-0.05, 0) is 55.3 Å². The first-order valence-electron chi connectivity index (χ1n) is 9.84. The van der Waals surface area contributed by atoms with Gasteiger partial charge in [-0.1, -0.05) is 84.9 Å². The average Bonchev–Trinajstić information content (AvgIpc) is 3.29. The number of rotatable bonds is 1. The van der Waals surface area contributed by atoms with Crippen molar-refractivity contribution in [1.29, 1.82) is 0 Å². The minimum atomic E-state index is 0.0787. The summed E-state index contributed by atoms with van der Waals surface area (Å²) in [6.07, 6.45) is 1.01. The quantitative estimate of drug-likeness (QED) is 0.338. The van der Waals surface area contributed by atoms with Crippen molar-refractivity contribution in [1.82, 2.24) is 0 Å². The molecule has 0 aromatic heterocycles. The predicted molar refractivity (Wildman–Crippen MR) is 116 cm³/mol. The Morgan fingerprint density at radius 3 is 1.96 bits per heavy atom. The summed E-state index contributed by atoms with van der Waals surface area (Å²) in [6, 6.07) is 30.8. The molecule has 0 N–H and O–H groups in total. The van der Waals surface area contributed by atoms with Gasteiger partial charge in [0.1, 0.15) is 0 Å². The third-order valence-electron chi connectivity index (χ3n) is 6.25. The molecule has 1 nitrogen and oxygen atoms in total. The van der Waals surface area contributed by atoms with Crippen molar-refractivity contribution in [3.8, 4) is 11.1 Å². The monoisotopic (exact) mass is 360 g/mol. The molecule has 0 aliphatic heterocycles. The van der Waals surface area contributed by atoms with Crippen LogP contribution in [0.15, 0.2) is 84.9 Å². The number of ether oxygens (including phenoxy) is 1. The van der Waals surface area contributed by atoms with Gasteiger partial charge in [0.2, 0.25) is 0 Å². The molecule has 2 aliphatic rings. The van der Waals surface area contributed by atoms with Gasteiger partial charge in [0.05, 0.1) is 6.10 Å². The Balaban J connectivity index is 1.78. The molecule has 2 aliphatic carbocycles. The van der Waals surface area contributed by atoms with Crippen LogP contribution in [0.1, 0.15) is 22.3 Å². The van der Waals surface area contributed by atoms with Gasteiger partial charge in [0.15, 0.2) is 0 Å². The van der Waals surface area contributed by atoms with Crippen molar-refractivity contribution in [3.05, 3.63) is 107 Å². The van der Waals surface area contributed by atoms with E-state index in [2.05, 4.69) is 84.9 Å². The summed E-state index contributed by atoms with van der Waals surface area (Å²) in [7, 11) is 1.84. The Morgan fingerprint density at radius 1 is 0.679 bits per heavy atom. The van der Waals surface area contributed by atoms with Crippen LogP contribution in [0.5, 0.6) is 0 Å². The summed E-state index contributed by atoms with van der Waals surface area (Å²) < 4.78 is 6.04. The van der Waals surface area contributed by atoms with Crippen molar-refractivity contribution in [2.24, 2.45) is 0 Å². The van der Waals surface area contributed by atoms with Crippen LogP contribution in [-0.2, 0) is 11.2 Å². The average molecular weight is 360 g/mol. The third-order valence-corrected chi connectivity index (χ3v) is 6.25. The van der Waals surface area contributed by atoms with Crippen LogP contribution in [0.25, 0.3) is 33.0 Å². The van der Waals surface area contributed by atoms with Crippen LogP contribution in [0.2, 0.25) is 0 Å². The summed E-state index contributed by atoms with van der Waals surface area (Å²) in [5, 5.41) is 2.61. The zero-order valence-electron chi connectivity index (χ0n) is 15.8. The predicted octanol–water partition coefficient (Wildman–Crippen LogP) is 6.35. The first-order valence-corrected chi connectivity index (χ1v) is 9.84. The molecule has 0 amide bonds. The summed E-state index contributed by atoms with van der Waals surface area (Å²) in [5.74, 6) is 0. The molecule has 6 rings (SSSR count). The first-order chi connectivity index (χ1) is 13.9. The topological polar surface area (TPSA) is 9.23 Å². The lowest BCUT2D eigenvalue weighted by molar-refractivity contribution is 0.154. The second-order valence-corrected chi connectivity index (χ2v) is 7.63. The molecule has 28 heavy (non-hydrogen) atoms. The number of benzene rings is 4. The maximum atomic E-state index is 6.04. The van der Waals surface area contributed by atoms with Crippen LogP contribution >= 0.6 is 0 Å². The van der Waals surface area contributed by atoms with Crippen molar-refractivity contribution in [2.45, 2.75) is 12.5 Å². The van der Waals surface area contributed by atoms with E-state index in [4.69, 9.17) is 4.74 Å². The second kappa shape index (κ2) is 5.92. The zero-order chi connectivity index (χ0) is 18.7. The molecular formula is C27H20O. The maximum absolute atomic E-state index is 6.04. The number of hydrogen-bond acceptors (Lipinski definition) is 1. The van der Waals surface area contributed by atoms with Gasteiger partial charge >= 0.3 is 0 Å². The third kappa shape index (κ3) is 2.05. The SMILES string of the molecule is CO[C@H]1Cc2ccc3ccccc3c2C1=C1c2ccccc2-c2ccccc21. The van der Waals surface area contributed by atoms with Crippen molar-refractivity contribution in [3.63, 3.8) is 0 Å². The molecule has 4 aromatic carbocycles. The zero-order valence-corrected chi connectivity index (χ0v) is 15.8. The van der Waals surface area contributed by atoms with Gasteiger partial charge in [-0.15, -0.1) is 0 Å². The highest BCUT2D eigenvalue weighted by molar-refractivity contribution is 6.15. The second-order valence-electron chi connectivity index (χ2n) is 7.63. The highest BCUT2D eigenvalue weighted by atomic mass is 16.5. The van der Waals surface area contributed by atoms with Gasteiger partial charge in [-0.3, -0.25) is 0 Å². The molecule has 0 saturated heterocycles. The van der Waals surface area contributed by atoms with Gasteiger partial charge in [-0.25, -0.2) is 0 Å².